The molecule has 0 fully saturated rings. The Kier molecular flexibility index (Phi) is 5.49. The van der Waals surface area contributed by atoms with Crippen molar-refractivity contribution in [2.45, 2.75) is 13.5 Å². The third-order valence-corrected chi connectivity index (χ3v) is 4.42. The van der Waals surface area contributed by atoms with Gasteiger partial charge in [-0.05, 0) is 39.9 Å². The van der Waals surface area contributed by atoms with E-state index in [-0.39, 0.29) is 21.5 Å². The zero-order chi connectivity index (χ0) is 20.3. The molecule has 0 bridgehead atoms. The van der Waals surface area contributed by atoms with Crippen LogP contribution in [0.1, 0.15) is 27.9 Å². The van der Waals surface area contributed by atoms with E-state index in [0.29, 0.717) is 12.2 Å². The highest BCUT2D eigenvalue weighted by atomic mass is 79.9. The summed E-state index contributed by atoms with van der Waals surface area (Å²) in [4.78, 5) is 35.2. The first-order chi connectivity index (χ1) is 13.4. The molecular weight excluding hydrogens is 434 g/mol. The first-order valence-electron chi connectivity index (χ1n) is 8.04. The molecule has 0 saturated heterocycles. The van der Waals surface area contributed by atoms with Gasteiger partial charge in [0, 0.05) is 18.4 Å². The molecule has 0 unspecified atom stereocenters. The van der Waals surface area contributed by atoms with Crippen molar-refractivity contribution < 1.29 is 14.5 Å². The number of aromatic nitrogens is 4. The Morgan fingerprint density at radius 3 is 2.50 bits per heavy atom. The third kappa shape index (κ3) is 3.91. The summed E-state index contributed by atoms with van der Waals surface area (Å²) in [5.41, 5.74) is 0.505. The smallest absolute Gasteiger partial charge is 0.357 e. The second-order valence-corrected chi connectivity index (χ2v) is 6.31. The van der Waals surface area contributed by atoms with Crippen LogP contribution in [0.2, 0.25) is 0 Å². The van der Waals surface area contributed by atoms with Gasteiger partial charge < -0.3 is 20.7 Å². The molecular formula is C16H14BrN7O4. The van der Waals surface area contributed by atoms with Gasteiger partial charge in [0.25, 0.3) is 11.8 Å². The maximum absolute atomic E-state index is 12.6. The van der Waals surface area contributed by atoms with E-state index >= 15 is 0 Å². The summed E-state index contributed by atoms with van der Waals surface area (Å²) >= 11 is 2.98. The molecule has 3 aromatic rings. The number of rotatable bonds is 6. The van der Waals surface area contributed by atoms with Gasteiger partial charge in [-0.1, -0.05) is 23.3 Å². The number of hydrogen-bond acceptors (Lipinski definition) is 6. The van der Waals surface area contributed by atoms with Crippen LogP contribution >= 0.6 is 15.9 Å². The minimum Gasteiger partial charge on any atom is -0.358 e. The van der Waals surface area contributed by atoms with Gasteiger partial charge >= 0.3 is 5.82 Å². The van der Waals surface area contributed by atoms with Gasteiger partial charge in [-0.3, -0.25) is 14.3 Å². The third-order valence-electron chi connectivity index (χ3n) is 3.67. The highest BCUT2D eigenvalue weighted by molar-refractivity contribution is 9.10. The lowest BCUT2D eigenvalue weighted by Crippen LogP contribution is -2.18. The second-order valence-electron chi connectivity index (χ2n) is 5.51. The van der Waals surface area contributed by atoms with Crippen LogP contribution in [0, 0.1) is 10.1 Å². The van der Waals surface area contributed by atoms with Crippen molar-refractivity contribution in [2.24, 2.45) is 0 Å². The fourth-order valence-corrected chi connectivity index (χ4v) is 2.83. The predicted molar refractivity (Wildman–Crippen MR) is 103 cm³/mol. The van der Waals surface area contributed by atoms with E-state index in [9.17, 15) is 19.7 Å². The van der Waals surface area contributed by atoms with Crippen molar-refractivity contribution in [3.05, 3.63) is 62.5 Å². The first kappa shape index (κ1) is 19.2. The van der Waals surface area contributed by atoms with Crippen molar-refractivity contribution in [1.82, 2.24) is 20.0 Å². The van der Waals surface area contributed by atoms with Crippen LogP contribution in [0.5, 0.6) is 0 Å². The standard InChI is InChI=1S/C16H14BrN7O4/c1-2-23-8-10(12(22-23)15(25)18-9-6-4-3-5-7-9)19-16(26)13-11(17)14(21-20-13)24(27)28/h3-8H,2H2,1H3,(H,18,25)(H,19,26)(H,20,21). The van der Waals surface area contributed by atoms with Crippen molar-refractivity contribution >= 4 is 44.9 Å². The van der Waals surface area contributed by atoms with E-state index in [1.165, 1.54) is 10.9 Å². The molecule has 0 aliphatic rings. The van der Waals surface area contributed by atoms with Gasteiger partial charge in [0.2, 0.25) is 0 Å². The van der Waals surface area contributed by atoms with Crippen LogP contribution in [0.25, 0.3) is 0 Å². The number of anilines is 2. The highest BCUT2D eigenvalue weighted by Gasteiger charge is 2.26. The number of nitro groups is 1. The first-order valence-corrected chi connectivity index (χ1v) is 8.83. The number of aryl methyl sites for hydroxylation is 1. The monoisotopic (exact) mass is 447 g/mol. The Morgan fingerprint density at radius 2 is 1.89 bits per heavy atom. The van der Waals surface area contributed by atoms with Crippen molar-refractivity contribution in [3.63, 3.8) is 0 Å². The molecule has 2 amide bonds. The fraction of sp³-hybridized carbons (Fsp3) is 0.125. The van der Waals surface area contributed by atoms with Crippen LogP contribution in [0.15, 0.2) is 41.0 Å². The Bertz CT molecular complexity index is 1040. The topological polar surface area (TPSA) is 148 Å². The van der Waals surface area contributed by atoms with Gasteiger partial charge in [-0.2, -0.15) is 5.10 Å². The Morgan fingerprint density at radius 1 is 1.21 bits per heavy atom. The fourth-order valence-electron chi connectivity index (χ4n) is 2.33. The number of carbonyl (C=O) groups excluding carboxylic acids is 2. The molecule has 0 radical (unpaired) electrons. The minimum absolute atomic E-state index is 0.000195. The van der Waals surface area contributed by atoms with Gasteiger partial charge in [0.05, 0.1) is 5.69 Å². The predicted octanol–water partition coefficient (Wildman–Crippen LogP) is 2.80. The normalized spacial score (nSPS) is 10.5. The molecule has 12 heteroatoms. The Hall–Kier alpha value is -3.54. The summed E-state index contributed by atoms with van der Waals surface area (Å²) < 4.78 is 1.39. The number of benzene rings is 1. The number of para-hydroxylation sites is 1. The number of nitrogens with zero attached hydrogens (tertiary/aromatic N) is 4. The Labute approximate surface area is 166 Å². The van der Waals surface area contributed by atoms with Crippen molar-refractivity contribution in [2.75, 3.05) is 10.6 Å². The van der Waals surface area contributed by atoms with Crippen molar-refractivity contribution in [3.8, 4) is 0 Å². The number of aromatic amines is 1. The Balaban J connectivity index is 1.86. The second kappa shape index (κ2) is 8.00. The molecule has 0 saturated carbocycles. The zero-order valence-electron chi connectivity index (χ0n) is 14.5. The molecule has 0 aliphatic carbocycles. The van der Waals surface area contributed by atoms with Gasteiger partial charge in [-0.25, -0.2) is 0 Å². The molecule has 11 nitrogen and oxygen atoms in total. The molecule has 0 aliphatic heterocycles. The number of halogens is 1. The summed E-state index contributed by atoms with van der Waals surface area (Å²) in [6.45, 7) is 2.30. The molecule has 3 N–H and O–H groups in total. The van der Waals surface area contributed by atoms with E-state index in [0.717, 1.165) is 0 Å². The number of amides is 2. The van der Waals surface area contributed by atoms with Crippen LogP contribution < -0.4 is 10.6 Å². The van der Waals surface area contributed by atoms with Crippen LogP contribution in [0.3, 0.4) is 0 Å². The average Bonchev–Trinajstić information content (AvgIpc) is 3.26. The van der Waals surface area contributed by atoms with E-state index in [4.69, 9.17) is 0 Å². The quantitative estimate of drug-likeness (QED) is 0.390. The van der Waals surface area contributed by atoms with Crippen LogP contribution in [-0.4, -0.2) is 36.7 Å². The van der Waals surface area contributed by atoms with Crippen LogP contribution in [0.4, 0.5) is 17.2 Å². The van der Waals surface area contributed by atoms with Gasteiger partial charge in [-0.15, -0.1) is 5.10 Å². The SMILES string of the molecule is CCn1cc(NC(=O)c2n[nH]c([N+](=O)[O-])c2Br)c(C(=O)Nc2ccccc2)n1. The number of carbonyl (C=O) groups is 2. The summed E-state index contributed by atoms with van der Waals surface area (Å²) in [5.74, 6) is -1.70. The maximum Gasteiger partial charge on any atom is 0.357 e. The minimum atomic E-state index is -0.736. The summed E-state index contributed by atoms with van der Waals surface area (Å²) in [6.07, 6.45) is 1.49. The van der Waals surface area contributed by atoms with Gasteiger partial charge in [0.1, 0.15) is 4.47 Å². The number of H-pyrrole nitrogens is 1. The summed E-state index contributed by atoms with van der Waals surface area (Å²) in [7, 11) is 0. The zero-order valence-corrected chi connectivity index (χ0v) is 16.1. The van der Waals surface area contributed by atoms with E-state index in [2.05, 4.69) is 41.9 Å². The van der Waals surface area contributed by atoms with Crippen molar-refractivity contribution in [1.29, 1.82) is 0 Å². The molecule has 2 aromatic heterocycles. The lowest BCUT2D eigenvalue weighted by Gasteiger charge is -2.05. The van der Waals surface area contributed by atoms with E-state index in [1.54, 1.807) is 24.3 Å². The average molecular weight is 448 g/mol. The van der Waals surface area contributed by atoms with Gasteiger partial charge in [0.15, 0.2) is 11.4 Å². The number of nitrogens with one attached hydrogen (secondary N) is 3. The summed E-state index contributed by atoms with van der Waals surface area (Å²) in [5, 5.41) is 26.1. The molecule has 2 heterocycles. The lowest BCUT2D eigenvalue weighted by atomic mass is 10.3. The van der Waals surface area contributed by atoms with E-state index in [1.807, 2.05) is 13.0 Å². The molecule has 144 valence electrons. The molecule has 28 heavy (non-hydrogen) atoms. The van der Waals surface area contributed by atoms with Crippen LogP contribution in [-0.2, 0) is 6.54 Å². The summed E-state index contributed by atoms with van der Waals surface area (Å²) in [6, 6.07) is 8.78. The highest BCUT2D eigenvalue weighted by Crippen LogP contribution is 2.26. The number of hydrogen-bond donors (Lipinski definition) is 3. The lowest BCUT2D eigenvalue weighted by molar-refractivity contribution is -0.390. The molecule has 0 spiro atoms. The molecule has 3 rings (SSSR count). The maximum atomic E-state index is 12.6. The van der Waals surface area contributed by atoms with E-state index < -0.39 is 22.6 Å². The molecule has 0 atom stereocenters. The largest absolute Gasteiger partial charge is 0.358 e. The molecule has 1 aromatic carbocycles.